The predicted octanol–water partition coefficient (Wildman–Crippen LogP) is 3.99. The lowest BCUT2D eigenvalue weighted by molar-refractivity contribution is 0.0526. The van der Waals surface area contributed by atoms with Gasteiger partial charge in [0, 0.05) is 23.0 Å². The van der Waals surface area contributed by atoms with Crippen molar-refractivity contribution in [3.63, 3.8) is 0 Å². The number of hydrogen-bond acceptors (Lipinski definition) is 4. The molecular formula is C20H19NO3. The number of ether oxygens (including phenoxy) is 1. The van der Waals surface area contributed by atoms with Gasteiger partial charge in [0.05, 0.1) is 12.2 Å². The number of nitrogens with one attached hydrogen (secondary N) is 1. The number of carbonyl (C=O) groups is 2. The predicted molar refractivity (Wildman–Crippen MR) is 93.2 cm³/mol. The van der Waals surface area contributed by atoms with Crippen LogP contribution in [-0.4, -0.2) is 18.4 Å². The summed E-state index contributed by atoms with van der Waals surface area (Å²) >= 11 is 0. The number of benzene rings is 2. The molecule has 24 heavy (non-hydrogen) atoms. The van der Waals surface area contributed by atoms with Gasteiger partial charge in [-0.05, 0) is 49.6 Å². The van der Waals surface area contributed by atoms with E-state index in [9.17, 15) is 9.59 Å². The van der Waals surface area contributed by atoms with Crippen LogP contribution in [0.5, 0.6) is 0 Å². The molecule has 0 saturated heterocycles. The molecule has 0 radical (unpaired) electrons. The number of Topliss-reactive ketones (excluding diaryl/α,β-unsaturated/α-hetero) is 1. The zero-order valence-electron chi connectivity index (χ0n) is 13.5. The van der Waals surface area contributed by atoms with Crippen molar-refractivity contribution < 1.29 is 14.3 Å². The highest BCUT2D eigenvalue weighted by Gasteiger charge is 2.21. The minimum atomic E-state index is -0.332. The minimum absolute atomic E-state index is 0.0764. The molecule has 0 amide bonds. The van der Waals surface area contributed by atoms with Gasteiger partial charge in [0.25, 0.3) is 0 Å². The molecule has 0 fully saturated rings. The molecule has 0 atom stereocenters. The summed E-state index contributed by atoms with van der Waals surface area (Å²) in [5.74, 6) is -0.256. The summed E-state index contributed by atoms with van der Waals surface area (Å²) in [6.07, 6.45) is 3.36. The minimum Gasteiger partial charge on any atom is -0.462 e. The molecule has 0 aromatic heterocycles. The normalized spacial score (nSPS) is 15.0. The molecular weight excluding hydrogens is 302 g/mol. The third-order valence-electron chi connectivity index (χ3n) is 4.03. The van der Waals surface area contributed by atoms with Crippen LogP contribution in [0.4, 0.5) is 5.69 Å². The third kappa shape index (κ3) is 3.38. The molecule has 0 bridgehead atoms. The number of aryl methyl sites for hydroxylation is 1. The largest absolute Gasteiger partial charge is 0.462 e. The Morgan fingerprint density at radius 2 is 1.88 bits per heavy atom. The van der Waals surface area contributed by atoms with Crippen LogP contribution in [0.1, 0.15) is 39.6 Å². The van der Waals surface area contributed by atoms with Crippen LogP contribution < -0.4 is 5.32 Å². The standard InChI is InChI=1S/C20H19NO3/c1-2-24-20(23)15-9-11-17(12-10-15)21-13-16-8-7-14-5-3-4-6-18(14)19(16)22/h3-6,9-13,21H,2,7-8H2,1H3/b16-13-. The zero-order valence-corrected chi connectivity index (χ0v) is 13.5. The van der Waals surface area contributed by atoms with E-state index in [-0.39, 0.29) is 11.8 Å². The SMILES string of the molecule is CCOC(=O)c1ccc(N/C=C2/CCc3ccccc3C2=O)cc1. The van der Waals surface area contributed by atoms with Crippen LogP contribution in [-0.2, 0) is 11.2 Å². The number of rotatable bonds is 4. The van der Waals surface area contributed by atoms with Crippen molar-refractivity contribution in [2.45, 2.75) is 19.8 Å². The van der Waals surface area contributed by atoms with Gasteiger partial charge in [0.2, 0.25) is 0 Å². The molecule has 2 aromatic rings. The maximum absolute atomic E-state index is 12.5. The first-order valence-corrected chi connectivity index (χ1v) is 8.04. The second kappa shape index (κ2) is 7.13. The van der Waals surface area contributed by atoms with Crippen LogP contribution in [0.15, 0.2) is 60.3 Å². The van der Waals surface area contributed by atoms with E-state index in [2.05, 4.69) is 5.32 Å². The quantitative estimate of drug-likeness (QED) is 0.683. The van der Waals surface area contributed by atoms with Gasteiger partial charge in [-0.3, -0.25) is 4.79 Å². The van der Waals surface area contributed by atoms with Gasteiger partial charge >= 0.3 is 5.97 Å². The molecule has 0 spiro atoms. The van der Waals surface area contributed by atoms with Gasteiger partial charge in [-0.15, -0.1) is 0 Å². The summed E-state index contributed by atoms with van der Waals surface area (Å²) < 4.78 is 4.95. The van der Waals surface area contributed by atoms with E-state index in [1.807, 2.05) is 24.3 Å². The van der Waals surface area contributed by atoms with Crippen molar-refractivity contribution in [2.24, 2.45) is 0 Å². The Bertz CT molecular complexity index is 791. The molecule has 1 aliphatic carbocycles. The Kier molecular flexibility index (Phi) is 4.75. The molecule has 3 rings (SSSR count). The van der Waals surface area contributed by atoms with Crippen LogP contribution in [0.3, 0.4) is 0 Å². The van der Waals surface area contributed by atoms with Crippen molar-refractivity contribution in [1.82, 2.24) is 0 Å². The Morgan fingerprint density at radius 3 is 2.62 bits per heavy atom. The highest BCUT2D eigenvalue weighted by molar-refractivity contribution is 6.10. The van der Waals surface area contributed by atoms with Crippen molar-refractivity contribution >= 4 is 17.4 Å². The maximum atomic E-state index is 12.5. The molecule has 4 nitrogen and oxygen atoms in total. The number of hydrogen-bond donors (Lipinski definition) is 1. The average molecular weight is 321 g/mol. The zero-order chi connectivity index (χ0) is 16.9. The average Bonchev–Trinajstić information content (AvgIpc) is 2.62. The van der Waals surface area contributed by atoms with Crippen molar-refractivity contribution in [2.75, 3.05) is 11.9 Å². The van der Waals surface area contributed by atoms with Crippen molar-refractivity contribution in [3.8, 4) is 0 Å². The molecule has 2 aromatic carbocycles. The smallest absolute Gasteiger partial charge is 0.338 e. The van der Waals surface area contributed by atoms with E-state index < -0.39 is 0 Å². The highest BCUT2D eigenvalue weighted by atomic mass is 16.5. The van der Waals surface area contributed by atoms with Crippen molar-refractivity contribution in [1.29, 1.82) is 0 Å². The van der Waals surface area contributed by atoms with Gasteiger partial charge in [-0.2, -0.15) is 0 Å². The van der Waals surface area contributed by atoms with Gasteiger partial charge in [-0.1, -0.05) is 24.3 Å². The summed E-state index contributed by atoms with van der Waals surface area (Å²) in [6.45, 7) is 2.13. The van der Waals surface area contributed by atoms with E-state index >= 15 is 0 Å². The Hall–Kier alpha value is -2.88. The van der Waals surface area contributed by atoms with E-state index in [1.165, 1.54) is 0 Å². The molecule has 0 saturated carbocycles. The summed E-state index contributed by atoms with van der Waals surface area (Å²) in [6, 6.07) is 14.7. The highest BCUT2D eigenvalue weighted by Crippen LogP contribution is 2.25. The van der Waals surface area contributed by atoms with E-state index in [0.29, 0.717) is 12.2 Å². The monoisotopic (exact) mass is 321 g/mol. The number of carbonyl (C=O) groups excluding carboxylic acids is 2. The Morgan fingerprint density at radius 1 is 1.12 bits per heavy atom. The molecule has 0 unspecified atom stereocenters. The first kappa shape index (κ1) is 16.0. The van der Waals surface area contributed by atoms with E-state index in [1.54, 1.807) is 37.4 Å². The molecule has 0 aliphatic heterocycles. The number of anilines is 1. The fourth-order valence-electron chi connectivity index (χ4n) is 2.74. The Labute approximate surface area is 141 Å². The van der Waals surface area contributed by atoms with Gasteiger partial charge in [-0.25, -0.2) is 4.79 Å². The molecule has 1 aliphatic rings. The first-order chi connectivity index (χ1) is 11.7. The summed E-state index contributed by atoms with van der Waals surface area (Å²) in [7, 11) is 0. The fourth-order valence-corrected chi connectivity index (χ4v) is 2.74. The first-order valence-electron chi connectivity index (χ1n) is 8.04. The second-order valence-corrected chi connectivity index (χ2v) is 5.60. The third-order valence-corrected chi connectivity index (χ3v) is 4.03. The molecule has 4 heteroatoms. The second-order valence-electron chi connectivity index (χ2n) is 5.60. The van der Waals surface area contributed by atoms with Crippen LogP contribution in [0.2, 0.25) is 0 Å². The molecule has 0 heterocycles. The topological polar surface area (TPSA) is 55.4 Å². The summed E-state index contributed by atoms with van der Waals surface area (Å²) in [4.78, 5) is 24.1. The van der Waals surface area contributed by atoms with Crippen LogP contribution in [0, 0.1) is 0 Å². The lowest BCUT2D eigenvalue weighted by atomic mass is 9.87. The van der Waals surface area contributed by atoms with Crippen molar-refractivity contribution in [3.05, 3.63) is 77.0 Å². The summed E-state index contributed by atoms with van der Waals surface area (Å²) in [5.41, 5.74) is 4.00. The summed E-state index contributed by atoms with van der Waals surface area (Å²) in [5, 5.41) is 3.14. The maximum Gasteiger partial charge on any atom is 0.338 e. The fraction of sp³-hybridized carbons (Fsp3) is 0.200. The molecule has 1 N–H and O–H groups in total. The van der Waals surface area contributed by atoms with Gasteiger partial charge in [0.1, 0.15) is 0 Å². The van der Waals surface area contributed by atoms with Gasteiger partial charge < -0.3 is 10.1 Å². The number of allylic oxidation sites excluding steroid dienone is 1. The lowest BCUT2D eigenvalue weighted by Gasteiger charge is -2.17. The van der Waals surface area contributed by atoms with Gasteiger partial charge in [0.15, 0.2) is 5.78 Å². The van der Waals surface area contributed by atoms with E-state index in [4.69, 9.17) is 4.74 Å². The lowest BCUT2D eigenvalue weighted by Crippen LogP contribution is -2.15. The van der Waals surface area contributed by atoms with E-state index in [0.717, 1.165) is 35.2 Å². The number of ketones is 1. The van der Waals surface area contributed by atoms with Crippen LogP contribution >= 0.6 is 0 Å². The number of esters is 1. The van der Waals surface area contributed by atoms with Crippen LogP contribution in [0.25, 0.3) is 0 Å². The molecule has 122 valence electrons. The Balaban J connectivity index is 1.70. The number of fused-ring (bicyclic) bond motifs is 1.